The third-order valence-corrected chi connectivity index (χ3v) is 3.16. The van der Waals surface area contributed by atoms with Crippen LogP contribution in [-0.4, -0.2) is 25.0 Å². The number of alkyl halides is 2. The molecule has 20 heavy (non-hydrogen) atoms. The van der Waals surface area contributed by atoms with Crippen LogP contribution in [0.3, 0.4) is 0 Å². The number of rotatable bonds is 6. The number of hydrogen-bond donors (Lipinski definition) is 0. The van der Waals surface area contributed by atoms with Crippen molar-refractivity contribution in [3.8, 4) is 5.75 Å². The summed E-state index contributed by atoms with van der Waals surface area (Å²) in [6.07, 6.45) is 0.798. The molecule has 1 aromatic rings. The summed E-state index contributed by atoms with van der Waals surface area (Å²) >= 11 is 0. The maximum atomic E-state index is 12.0. The van der Waals surface area contributed by atoms with Crippen molar-refractivity contribution < 1.29 is 27.8 Å². The summed E-state index contributed by atoms with van der Waals surface area (Å²) in [5, 5.41) is 0. The fourth-order valence-electron chi connectivity index (χ4n) is 1.80. The van der Waals surface area contributed by atoms with Gasteiger partial charge in [-0.15, -0.1) is 0 Å². The Balaban J connectivity index is 1.84. The summed E-state index contributed by atoms with van der Waals surface area (Å²) in [6, 6.07) is 5.25. The van der Waals surface area contributed by atoms with E-state index in [9.17, 15) is 18.4 Å². The Morgan fingerprint density at radius 1 is 1.30 bits per heavy atom. The minimum absolute atomic E-state index is 0.0275. The highest BCUT2D eigenvalue weighted by molar-refractivity contribution is 5.98. The predicted molar refractivity (Wildman–Crippen MR) is 65.6 cm³/mol. The molecule has 0 N–H and O–H groups in total. The van der Waals surface area contributed by atoms with Crippen molar-refractivity contribution in [2.75, 3.05) is 6.61 Å². The highest BCUT2D eigenvalue weighted by Crippen LogP contribution is 2.38. The van der Waals surface area contributed by atoms with Gasteiger partial charge in [0.25, 0.3) is 0 Å². The first-order chi connectivity index (χ1) is 9.47. The lowest BCUT2D eigenvalue weighted by Gasteiger charge is -2.06. The number of carbonyl (C=O) groups excluding carboxylic acids is 2. The fourth-order valence-corrected chi connectivity index (χ4v) is 1.80. The normalized spacial score (nSPS) is 20.6. The van der Waals surface area contributed by atoms with Crippen molar-refractivity contribution in [1.29, 1.82) is 0 Å². The average molecular weight is 284 g/mol. The van der Waals surface area contributed by atoms with E-state index in [-0.39, 0.29) is 35.6 Å². The van der Waals surface area contributed by atoms with E-state index in [0.29, 0.717) is 5.92 Å². The molecule has 0 unspecified atom stereocenters. The Bertz CT molecular complexity index is 498. The number of ether oxygens (including phenoxy) is 2. The molecule has 0 bridgehead atoms. The quantitative estimate of drug-likeness (QED) is 0.595. The van der Waals surface area contributed by atoms with Gasteiger partial charge < -0.3 is 9.47 Å². The van der Waals surface area contributed by atoms with Crippen LogP contribution in [0.2, 0.25) is 0 Å². The number of hydrogen-bond acceptors (Lipinski definition) is 4. The molecule has 4 nitrogen and oxygen atoms in total. The molecule has 0 aliphatic heterocycles. The van der Waals surface area contributed by atoms with Crippen LogP contribution < -0.4 is 4.74 Å². The van der Waals surface area contributed by atoms with Gasteiger partial charge in [-0.3, -0.25) is 9.59 Å². The highest BCUT2D eigenvalue weighted by Gasteiger charge is 2.40. The lowest BCUT2D eigenvalue weighted by Crippen LogP contribution is -2.15. The smallest absolute Gasteiger partial charge is 0.387 e. The SMILES string of the molecule is C[C@@H]1C[C@H]1C(=O)OCC(=O)c1ccc(OC(F)F)cc1. The summed E-state index contributed by atoms with van der Waals surface area (Å²) < 4.78 is 33.0. The Hall–Kier alpha value is -1.98. The summed E-state index contributed by atoms with van der Waals surface area (Å²) in [7, 11) is 0. The second-order valence-corrected chi connectivity index (χ2v) is 4.75. The van der Waals surface area contributed by atoms with E-state index in [0.717, 1.165) is 6.42 Å². The van der Waals surface area contributed by atoms with E-state index < -0.39 is 6.61 Å². The third kappa shape index (κ3) is 3.76. The first-order valence-corrected chi connectivity index (χ1v) is 6.22. The minimum Gasteiger partial charge on any atom is -0.457 e. The number of benzene rings is 1. The highest BCUT2D eigenvalue weighted by atomic mass is 19.3. The number of halogens is 2. The molecule has 0 radical (unpaired) electrons. The summed E-state index contributed by atoms with van der Waals surface area (Å²) in [4.78, 5) is 23.2. The molecular weight excluding hydrogens is 270 g/mol. The average Bonchev–Trinajstić information content (AvgIpc) is 3.13. The van der Waals surface area contributed by atoms with Crippen molar-refractivity contribution in [3.05, 3.63) is 29.8 Å². The Kier molecular flexibility index (Phi) is 4.32. The molecule has 0 aromatic heterocycles. The van der Waals surface area contributed by atoms with Crippen LogP contribution in [-0.2, 0) is 9.53 Å². The molecule has 0 saturated heterocycles. The molecule has 2 rings (SSSR count). The molecule has 0 spiro atoms. The lowest BCUT2D eigenvalue weighted by molar-refractivity contribution is -0.144. The summed E-state index contributed by atoms with van der Waals surface area (Å²) in [5.74, 6) is -0.535. The van der Waals surface area contributed by atoms with Crippen LogP contribution in [0, 0.1) is 11.8 Å². The molecule has 2 atom stereocenters. The van der Waals surface area contributed by atoms with Crippen LogP contribution in [0.25, 0.3) is 0 Å². The zero-order valence-electron chi connectivity index (χ0n) is 10.8. The van der Waals surface area contributed by atoms with Crippen LogP contribution in [0.1, 0.15) is 23.7 Å². The predicted octanol–water partition coefficient (Wildman–Crippen LogP) is 2.67. The molecule has 6 heteroatoms. The Labute approximate surface area is 114 Å². The van der Waals surface area contributed by atoms with E-state index in [4.69, 9.17) is 4.74 Å². The van der Waals surface area contributed by atoms with Crippen LogP contribution in [0.15, 0.2) is 24.3 Å². The molecule has 1 aliphatic carbocycles. The number of carbonyl (C=O) groups is 2. The van der Waals surface area contributed by atoms with Gasteiger partial charge in [0.15, 0.2) is 12.4 Å². The van der Waals surface area contributed by atoms with E-state index in [2.05, 4.69) is 4.74 Å². The number of Topliss-reactive ketones (excluding diaryl/α,β-unsaturated/α-hetero) is 1. The van der Waals surface area contributed by atoms with Gasteiger partial charge in [-0.1, -0.05) is 6.92 Å². The first kappa shape index (κ1) is 14.4. The third-order valence-electron chi connectivity index (χ3n) is 3.16. The molecular formula is C14H14F2O4. The van der Waals surface area contributed by atoms with Gasteiger partial charge in [-0.2, -0.15) is 8.78 Å². The van der Waals surface area contributed by atoms with Gasteiger partial charge in [0.1, 0.15) is 5.75 Å². The molecule has 108 valence electrons. The molecule has 1 aromatic carbocycles. The van der Waals surface area contributed by atoms with Crippen molar-refractivity contribution in [2.45, 2.75) is 20.0 Å². The molecule has 0 amide bonds. The molecule has 1 saturated carbocycles. The lowest BCUT2D eigenvalue weighted by atomic mass is 10.1. The molecule has 1 fully saturated rings. The van der Waals surface area contributed by atoms with E-state index in [1.54, 1.807) is 0 Å². The number of esters is 1. The van der Waals surface area contributed by atoms with Gasteiger partial charge in [0, 0.05) is 5.56 Å². The van der Waals surface area contributed by atoms with Crippen molar-refractivity contribution in [1.82, 2.24) is 0 Å². The van der Waals surface area contributed by atoms with Crippen LogP contribution in [0.4, 0.5) is 8.78 Å². The monoisotopic (exact) mass is 284 g/mol. The maximum absolute atomic E-state index is 12.0. The number of ketones is 1. The molecule has 0 heterocycles. The van der Waals surface area contributed by atoms with Gasteiger partial charge in [0.2, 0.25) is 0 Å². The van der Waals surface area contributed by atoms with Crippen molar-refractivity contribution >= 4 is 11.8 Å². The van der Waals surface area contributed by atoms with Gasteiger partial charge in [0.05, 0.1) is 5.92 Å². The largest absolute Gasteiger partial charge is 0.457 e. The van der Waals surface area contributed by atoms with Gasteiger partial charge in [-0.05, 0) is 36.6 Å². The van der Waals surface area contributed by atoms with Gasteiger partial charge >= 0.3 is 12.6 Å². The maximum Gasteiger partial charge on any atom is 0.387 e. The zero-order valence-corrected chi connectivity index (χ0v) is 10.8. The minimum atomic E-state index is -2.90. The standard InChI is InChI=1S/C14H14F2O4/c1-8-6-11(8)13(18)19-7-12(17)9-2-4-10(5-3-9)20-14(15)16/h2-5,8,11,14H,6-7H2,1H3/t8-,11-/m1/s1. The summed E-state index contributed by atoms with van der Waals surface area (Å²) in [6.45, 7) is -1.30. The second-order valence-electron chi connectivity index (χ2n) is 4.75. The zero-order chi connectivity index (χ0) is 14.7. The second kappa shape index (κ2) is 5.98. The Morgan fingerprint density at radius 2 is 1.90 bits per heavy atom. The van der Waals surface area contributed by atoms with Crippen LogP contribution in [0.5, 0.6) is 5.75 Å². The van der Waals surface area contributed by atoms with Crippen LogP contribution >= 0.6 is 0 Å². The topological polar surface area (TPSA) is 52.6 Å². The van der Waals surface area contributed by atoms with E-state index in [1.165, 1.54) is 24.3 Å². The van der Waals surface area contributed by atoms with E-state index in [1.807, 2.05) is 6.92 Å². The summed E-state index contributed by atoms with van der Waals surface area (Å²) in [5.41, 5.74) is 0.281. The molecule has 1 aliphatic rings. The Morgan fingerprint density at radius 3 is 2.40 bits per heavy atom. The van der Waals surface area contributed by atoms with Crippen molar-refractivity contribution in [2.24, 2.45) is 11.8 Å². The van der Waals surface area contributed by atoms with Crippen molar-refractivity contribution in [3.63, 3.8) is 0 Å². The van der Waals surface area contributed by atoms with Gasteiger partial charge in [-0.25, -0.2) is 0 Å². The van der Waals surface area contributed by atoms with E-state index >= 15 is 0 Å². The fraction of sp³-hybridized carbons (Fsp3) is 0.429. The first-order valence-electron chi connectivity index (χ1n) is 6.22.